The highest BCUT2D eigenvalue weighted by Gasteiger charge is 2.27. The van der Waals surface area contributed by atoms with Crippen molar-refractivity contribution >= 4 is 0 Å². The van der Waals surface area contributed by atoms with Crippen molar-refractivity contribution < 1.29 is 29.2 Å². The highest BCUT2D eigenvalue weighted by atomic mass is 16.5. The molecule has 1 saturated carbocycles. The number of aromatic hydroxyl groups is 2. The first-order valence-corrected chi connectivity index (χ1v) is 9.42. The number of rotatable bonds is 6. The minimum atomic E-state index is 0.0223. The predicted octanol–water partition coefficient (Wildman–Crippen LogP) is 4.57. The Morgan fingerprint density at radius 3 is 1.25 bits per heavy atom. The van der Waals surface area contributed by atoms with E-state index in [2.05, 4.69) is 0 Å². The lowest BCUT2D eigenvalue weighted by atomic mass is 9.75. The lowest BCUT2D eigenvalue weighted by Gasteiger charge is -2.30. The van der Waals surface area contributed by atoms with Crippen LogP contribution in [0, 0.1) is 0 Å². The van der Waals surface area contributed by atoms with E-state index in [9.17, 15) is 10.2 Å². The summed E-state index contributed by atoms with van der Waals surface area (Å²) in [6.07, 6.45) is 4.13. The maximum atomic E-state index is 10.2. The molecule has 152 valence electrons. The summed E-state index contributed by atoms with van der Waals surface area (Å²) in [6.45, 7) is 0. The largest absolute Gasteiger partial charge is 0.502 e. The monoisotopic (exact) mass is 388 g/mol. The molecular weight excluding hydrogens is 360 g/mol. The zero-order valence-electron chi connectivity index (χ0n) is 16.8. The van der Waals surface area contributed by atoms with Crippen LogP contribution >= 0.6 is 0 Å². The Morgan fingerprint density at radius 1 is 0.643 bits per heavy atom. The number of benzene rings is 2. The van der Waals surface area contributed by atoms with Crippen LogP contribution in [0.3, 0.4) is 0 Å². The van der Waals surface area contributed by atoms with E-state index in [0.29, 0.717) is 34.8 Å². The topological polar surface area (TPSA) is 77.4 Å². The molecule has 0 aliphatic heterocycles. The molecule has 2 N–H and O–H groups in total. The van der Waals surface area contributed by atoms with E-state index in [-0.39, 0.29) is 11.5 Å². The molecule has 28 heavy (non-hydrogen) atoms. The first-order chi connectivity index (χ1) is 13.5. The molecule has 0 spiro atoms. The highest BCUT2D eigenvalue weighted by molar-refractivity contribution is 5.55. The second kappa shape index (κ2) is 8.50. The first kappa shape index (κ1) is 20.0. The summed E-state index contributed by atoms with van der Waals surface area (Å²) in [5.41, 5.74) is 2.18. The van der Waals surface area contributed by atoms with Gasteiger partial charge < -0.3 is 29.2 Å². The van der Waals surface area contributed by atoms with Gasteiger partial charge in [-0.3, -0.25) is 0 Å². The number of phenols is 2. The van der Waals surface area contributed by atoms with Gasteiger partial charge in [0.2, 0.25) is 11.5 Å². The summed E-state index contributed by atoms with van der Waals surface area (Å²) in [7, 11) is 6.15. The van der Waals surface area contributed by atoms with Crippen LogP contribution < -0.4 is 18.9 Å². The van der Waals surface area contributed by atoms with E-state index in [0.717, 1.165) is 36.8 Å². The minimum Gasteiger partial charge on any atom is -0.502 e. The van der Waals surface area contributed by atoms with Crippen LogP contribution in [0.1, 0.15) is 48.6 Å². The van der Waals surface area contributed by atoms with E-state index in [1.165, 1.54) is 28.4 Å². The van der Waals surface area contributed by atoms with Crippen molar-refractivity contribution in [1.82, 2.24) is 0 Å². The van der Waals surface area contributed by atoms with Gasteiger partial charge >= 0.3 is 0 Å². The highest BCUT2D eigenvalue weighted by Crippen LogP contribution is 2.48. The fourth-order valence-electron chi connectivity index (χ4n) is 4.09. The minimum absolute atomic E-state index is 0.0223. The van der Waals surface area contributed by atoms with Crippen molar-refractivity contribution in [3.05, 3.63) is 35.4 Å². The van der Waals surface area contributed by atoms with Crippen molar-refractivity contribution in [3.8, 4) is 34.5 Å². The molecule has 1 aliphatic rings. The molecule has 2 atom stereocenters. The van der Waals surface area contributed by atoms with Gasteiger partial charge in [-0.1, -0.05) is 6.42 Å². The fourth-order valence-corrected chi connectivity index (χ4v) is 4.09. The molecule has 1 fully saturated rings. The number of hydrogen-bond acceptors (Lipinski definition) is 6. The Bertz CT molecular complexity index is 714. The van der Waals surface area contributed by atoms with Gasteiger partial charge in [0.05, 0.1) is 28.4 Å². The van der Waals surface area contributed by atoms with E-state index < -0.39 is 0 Å². The van der Waals surface area contributed by atoms with Crippen LogP contribution in [0.4, 0.5) is 0 Å². The van der Waals surface area contributed by atoms with Gasteiger partial charge in [-0.2, -0.15) is 0 Å². The lowest BCUT2D eigenvalue weighted by Crippen LogP contribution is -2.13. The number of methoxy groups -OCH3 is 4. The molecule has 6 nitrogen and oxygen atoms in total. The maximum absolute atomic E-state index is 10.2. The average Bonchev–Trinajstić information content (AvgIpc) is 2.74. The Morgan fingerprint density at radius 2 is 0.964 bits per heavy atom. The molecule has 0 aromatic heterocycles. The molecule has 2 unspecified atom stereocenters. The van der Waals surface area contributed by atoms with E-state index in [1.54, 1.807) is 0 Å². The Hall–Kier alpha value is -2.76. The van der Waals surface area contributed by atoms with Gasteiger partial charge in [0.1, 0.15) is 0 Å². The van der Waals surface area contributed by atoms with E-state index >= 15 is 0 Å². The molecule has 0 heterocycles. The maximum Gasteiger partial charge on any atom is 0.200 e. The normalized spacial score (nSPS) is 19.1. The van der Waals surface area contributed by atoms with Crippen LogP contribution in [0.25, 0.3) is 0 Å². The van der Waals surface area contributed by atoms with E-state index in [1.807, 2.05) is 24.3 Å². The Labute approximate surface area is 165 Å². The number of phenolic OH excluding ortho intramolecular Hbond substituents is 2. The molecule has 3 rings (SSSR count). The van der Waals surface area contributed by atoms with Crippen LogP contribution in [0.2, 0.25) is 0 Å². The number of hydrogen-bond donors (Lipinski definition) is 2. The van der Waals surface area contributed by atoms with Gasteiger partial charge in [0.25, 0.3) is 0 Å². The van der Waals surface area contributed by atoms with Crippen molar-refractivity contribution in [2.75, 3.05) is 28.4 Å². The summed E-state index contributed by atoms with van der Waals surface area (Å²) in [4.78, 5) is 0. The summed E-state index contributed by atoms with van der Waals surface area (Å²) in [5, 5.41) is 20.4. The quantitative estimate of drug-likeness (QED) is 0.755. The number of ether oxygens (including phenoxy) is 4. The molecule has 6 heteroatoms. The van der Waals surface area contributed by atoms with Gasteiger partial charge in [-0.15, -0.1) is 0 Å². The van der Waals surface area contributed by atoms with Crippen LogP contribution in [-0.4, -0.2) is 38.7 Å². The molecule has 0 saturated heterocycles. The predicted molar refractivity (Wildman–Crippen MR) is 106 cm³/mol. The zero-order valence-corrected chi connectivity index (χ0v) is 16.8. The Balaban J connectivity index is 1.91. The smallest absolute Gasteiger partial charge is 0.200 e. The zero-order chi connectivity index (χ0) is 20.3. The molecule has 2 aromatic rings. The average molecular weight is 388 g/mol. The summed E-state index contributed by atoms with van der Waals surface area (Å²) in [5.74, 6) is 2.35. The molecule has 0 amide bonds. The van der Waals surface area contributed by atoms with Gasteiger partial charge in [-0.25, -0.2) is 0 Å². The molecule has 1 aliphatic carbocycles. The second-order valence-corrected chi connectivity index (χ2v) is 7.11. The van der Waals surface area contributed by atoms with Crippen LogP contribution in [0.5, 0.6) is 34.5 Å². The summed E-state index contributed by atoms with van der Waals surface area (Å²) in [6, 6.07) is 7.57. The standard InChI is InChI=1S/C22H28O6/c1-25-17-9-15(10-18(26-2)21(17)23)13-6-5-7-14(8-13)16-11-19(27-3)22(24)20(12-16)28-4/h9-14,23-24H,5-8H2,1-4H3. The molecule has 2 aromatic carbocycles. The third kappa shape index (κ3) is 3.77. The molecule has 0 bridgehead atoms. The summed E-state index contributed by atoms with van der Waals surface area (Å²) < 4.78 is 21.3. The van der Waals surface area contributed by atoms with Gasteiger partial charge in [0, 0.05) is 0 Å². The Kier molecular flexibility index (Phi) is 6.07. The van der Waals surface area contributed by atoms with Crippen molar-refractivity contribution in [3.63, 3.8) is 0 Å². The SMILES string of the molecule is COc1cc(C2CCCC(c3cc(OC)c(O)c(OC)c3)C2)cc(OC)c1O. The molecule has 0 radical (unpaired) electrons. The van der Waals surface area contributed by atoms with Gasteiger partial charge in [0.15, 0.2) is 23.0 Å². The fraction of sp³-hybridized carbons (Fsp3) is 0.455. The lowest BCUT2D eigenvalue weighted by molar-refractivity contribution is 0.332. The molecular formula is C22H28O6. The van der Waals surface area contributed by atoms with Gasteiger partial charge in [-0.05, 0) is 66.5 Å². The third-order valence-corrected chi connectivity index (χ3v) is 5.62. The van der Waals surface area contributed by atoms with E-state index in [4.69, 9.17) is 18.9 Å². The van der Waals surface area contributed by atoms with Crippen LogP contribution in [0.15, 0.2) is 24.3 Å². The van der Waals surface area contributed by atoms with Crippen molar-refractivity contribution in [2.45, 2.75) is 37.5 Å². The first-order valence-electron chi connectivity index (χ1n) is 9.42. The van der Waals surface area contributed by atoms with Crippen molar-refractivity contribution in [2.24, 2.45) is 0 Å². The van der Waals surface area contributed by atoms with Crippen molar-refractivity contribution in [1.29, 1.82) is 0 Å². The third-order valence-electron chi connectivity index (χ3n) is 5.62. The second-order valence-electron chi connectivity index (χ2n) is 7.11. The van der Waals surface area contributed by atoms with Crippen LogP contribution in [-0.2, 0) is 0 Å². The summed E-state index contributed by atoms with van der Waals surface area (Å²) >= 11 is 0.